The minimum atomic E-state index is -0.319. The first-order chi connectivity index (χ1) is 9.82. The summed E-state index contributed by atoms with van der Waals surface area (Å²) in [6, 6.07) is 3.56. The van der Waals surface area contributed by atoms with Gasteiger partial charge in [-0.3, -0.25) is 9.69 Å². The third-order valence-corrected chi connectivity index (χ3v) is 4.88. The van der Waals surface area contributed by atoms with Crippen molar-refractivity contribution in [3.63, 3.8) is 0 Å². The normalized spacial score (nSPS) is 16.8. The zero-order valence-electron chi connectivity index (χ0n) is 12.2. The second-order valence-corrected chi connectivity index (χ2v) is 6.92. The summed E-state index contributed by atoms with van der Waals surface area (Å²) in [4.78, 5) is 21.1. The highest BCUT2D eigenvalue weighted by Gasteiger charge is 2.33. The second kappa shape index (κ2) is 6.37. The Morgan fingerprint density at radius 3 is 2.43 bits per heavy atom. The Morgan fingerprint density at radius 1 is 1.33 bits per heavy atom. The molecular formula is C14H19BrN4OS. The largest absolute Gasteiger partial charge is 0.392 e. The van der Waals surface area contributed by atoms with E-state index >= 15 is 0 Å². The highest BCUT2D eigenvalue weighted by Crippen LogP contribution is 2.18. The fourth-order valence-corrected chi connectivity index (χ4v) is 2.65. The number of halogens is 1. The zero-order chi connectivity index (χ0) is 15.6. The number of hydrogen-bond acceptors (Lipinski definition) is 4. The summed E-state index contributed by atoms with van der Waals surface area (Å²) in [6.07, 6.45) is 1.64. The molecule has 2 heterocycles. The lowest BCUT2D eigenvalue weighted by molar-refractivity contribution is 0.0534. The lowest BCUT2D eigenvalue weighted by Crippen LogP contribution is -2.59. The van der Waals surface area contributed by atoms with Crippen LogP contribution in [0.4, 0.5) is 0 Å². The Balaban J connectivity index is 1.99. The van der Waals surface area contributed by atoms with Crippen molar-refractivity contribution in [1.29, 1.82) is 0 Å². The first kappa shape index (κ1) is 16.3. The molecule has 1 aliphatic rings. The van der Waals surface area contributed by atoms with Gasteiger partial charge in [0.15, 0.2) is 0 Å². The van der Waals surface area contributed by atoms with Crippen molar-refractivity contribution in [2.45, 2.75) is 19.4 Å². The molecule has 5 nitrogen and oxygen atoms in total. The maximum Gasteiger partial charge on any atom is 0.272 e. The minimum Gasteiger partial charge on any atom is -0.392 e. The molecule has 1 aliphatic heterocycles. The van der Waals surface area contributed by atoms with Gasteiger partial charge in [-0.05, 0) is 41.9 Å². The van der Waals surface area contributed by atoms with Crippen LogP contribution in [0.2, 0.25) is 0 Å². The van der Waals surface area contributed by atoms with Gasteiger partial charge in [0.1, 0.15) is 5.69 Å². The van der Waals surface area contributed by atoms with Gasteiger partial charge in [-0.1, -0.05) is 12.2 Å². The molecular weight excluding hydrogens is 352 g/mol. The molecule has 0 radical (unpaired) electrons. The molecule has 21 heavy (non-hydrogen) atoms. The van der Waals surface area contributed by atoms with E-state index in [-0.39, 0.29) is 11.4 Å². The van der Waals surface area contributed by atoms with Crippen molar-refractivity contribution in [3.8, 4) is 0 Å². The third-order valence-electron chi connectivity index (χ3n) is 3.91. The first-order valence-electron chi connectivity index (χ1n) is 6.78. The van der Waals surface area contributed by atoms with Gasteiger partial charge in [-0.2, -0.15) is 0 Å². The standard InChI is InChI=1S/C14H19BrN4OS/c1-14(2,13(16)21)19-7-5-18(6-8-19)12(20)11-4-3-10(15)9-17-11/h3-4,9H,5-8H2,1-2H3,(H2,16,21). The minimum absolute atomic E-state index is 0.0321. The summed E-state index contributed by atoms with van der Waals surface area (Å²) in [5.74, 6) is -0.0321. The highest BCUT2D eigenvalue weighted by atomic mass is 79.9. The number of nitrogens with zero attached hydrogens (tertiary/aromatic N) is 3. The van der Waals surface area contributed by atoms with Crippen LogP contribution in [0.15, 0.2) is 22.8 Å². The number of piperazine rings is 1. The van der Waals surface area contributed by atoms with Crippen molar-refractivity contribution in [2.75, 3.05) is 26.2 Å². The van der Waals surface area contributed by atoms with E-state index in [9.17, 15) is 4.79 Å². The summed E-state index contributed by atoms with van der Waals surface area (Å²) in [5, 5.41) is 0. The monoisotopic (exact) mass is 370 g/mol. The van der Waals surface area contributed by atoms with E-state index in [1.54, 1.807) is 12.3 Å². The van der Waals surface area contributed by atoms with Crippen LogP contribution in [0.1, 0.15) is 24.3 Å². The van der Waals surface area contributed by atoms with Crippen molar-refractivity contribution in [2.24, 2.45) is 5.73 Å². The topological polar surface area (TPSA) is 62.5 Å². The van der Waals surface area contributed by atoms with Crippen LogP contribution in [-0.2, 0) is 0 Å². The van der Waals surface area contributed by atoms with Crippen molar-refractivity contribution >= 4 is 39.0 Å². The van der Waals surface area contributed by atoms with Gasteiger partial charge in [-0.25, -0.2) is 4.98 Å². The predicted octanol–water partition coefficient (Wildman–Crippen LogP) is 1.67. The van der Waals surface area contributed by atoms with Gasteiger partial charge < -0.3 is 10.6 Å². The van der Waals surface area contributed by atoms with E-state index in [0.717, 1.165) is 17.6 Å². The molecule has 0 bridgehead atoms. The van der Waals surface area contributed by atoms with Crippen LogP contribution in [0.5, 0.6) is 0 Å². The van der Waals surface area contributed by atoms with Crippen molar-refractivity contribution < 1.29 is 4.79 Å². The molecule has 0 spiro atoms. The number of pyridine rings is 1. The van der Waals surface area contributed by atoms with Crippen LogP contribution in [-0.4, -0.2) is 57.4 Å². The number of aromatic nitrogens is 1. The summed E-state index contributed by atoms with van der Waals surface area (Å²) < 4.78 is 0.863. The van der Waals surface area contributed by atoms with Crippen LogP contribution < -0.4 is 5.73 Å². The molecule has 7 heteroatoms. The molecule has 1 fully saturated rings. The molecule has 114 valence electrons. The number of rotatable bonds is 3. The lowest BCUT2D eigenvalue weighted by atomic mass is 10.0. The van der Waals surface area contributed by atoms with E-state index in [2.05, 4.69) is 25.8 Å². The van der Waals surface area contributed by atoms with Crippen molar-refractivity contribution in [3.05, 3.63) is 28.5 Å². The summed E-state index contributed by atoms with van der Waals surface area (Å²) in [5.41, 5.74) is 5.95. The zero-order valence-corrected chi connectivity index (χ0v) is 14.6. The third kappa shape index (κ3) is 3.59. The summed E-state index contributed by atoms with van der Waals surface area (Å²) in [7, 11) is 0. The number of carbonyl (C=O) groups excluding carboxylic acids is 1. The molecule has 0 atom stereocenters. The fourth-order valence-electron chi connectivity index (χ4n) is 2.29. The fraction of sp³-hybridized carbons (Fsp3) is 0.500. The number of carbonyl (C=O) groups is 1. The van der Waals surface area contributed by atoms with E-state index < -0.39 is 0 Å². The molecule has 0 aromatic carbocycles. The van der Waals surface area contributed by atoms with Gasteiger partial charge in [-0.15, -0.1) is 0 Å². The Bertz CT molecular complexity index is 538. The SMILES string of the molecule is CC(C)(C(N)=S)N1CCN(C(=O)c2ccc(Br)cn2)CC1. The average Bonchev–Trinajstić information content (AvgIpc) is 2.47. The molecule has 1 amide bonds. The Morgan fingerprint density at radius 2 is 1.95 bits per heavy atom. The summed E-state index contributed by atoms with van der Waals surface area (Å²) >= 11 is 8.44. The Hall–Kier alpha value is -1.05. The first-order valence-corrected chi connectivity index (χ1v) is 7.98. The van der Waals surface area contributed by atoms with E-state index in [0.29, 0.717) is 23.8 Å². The molecule has 1 aromatic rings. The Kier molecular flexibility index (Phi) is 4.95. The van der Waals surface area contributed by atoms with Gasteiger partial charge in [0.05, 0.1) is 10.5 Å². The number of thiocarbonyl (C=S) groups is 1. The maximum absolute atomic E-state index is 12.4. The van der Waals surface area contributed by atoms with E-state index in [4.69, 9.17) is 18.0 Å². The van der Waals surface area contributed by atoms with Crippen LogP contribution in [0.3, 0.4) is 0 Å². The van der Waals surface area contributed by atoms with Gasteiger partial charge >= 0.3 is 0 Å². The highest BCUT2D eigenvalue weighted by molar-refractivity contribution is 9.10. The van der Waals surface area contributed by atoms with Gasteiger partial charge in [0.2, 0.25) is 0 Å². The van der Waals surface area contributed by atoms with Gasteiger partial charge in [0.25, 0.3) is 5.91 Å². The second-order valence-electron chi connectivity index (χ2n) is 5.56. The molecule has 1 aromatic heterocycles. The molecule has 0 aliphatic carbocycles. The van der Waals surface area contributed by atoms with Crippen molar-refractivity contribution in [1.82, 2.24) is 14.8 Å². The average molecular weight is 371 g/mol. The Labute approximate surface area is 138 Å². The van der Waals surface area contributed by atoms with Crippen LogP contribution in [0.25, 0.3) is 0 Å². The van der Waals surface area contributed by atoms with E-state index in [1.807, 2.05) is 24.8 Å². The maximum atomic E-state index is 12.4. The number of hydrogen-bond donors (Lipinski definition) is 1. The predicted molar refractivity (Wildman–Crippen MR) is 90.3 cm³/mol. The van der Waals surface area contributed by atoms with E-state index in [1.165, 1.54) is 0 Å². The van der Waals surface area contributed by atoms with Crippen LogP contribution in [0, 0.1) is 0 Å². The number of amides is 1. The van der Waals surface area contributed by atoms with Gasteiger partial charge in [0, 0.05) is 36.8 Å². The quantitative estimate of drug-likeness (QED) is 0.819. The smallest absolute Gasteiger partial charge is 0.272 e. The molecule has 2 rings (SSSR count). The molecule has 0 unspecified atom stereocenters. The molecule has 0 saturated carbocycles. The van der Waals surface area contributed by atoms with Crippen LogP contribution >= 0.6 is 28.1 Å². The summed E-state index contributed by atoms with van der Waals surface area (Å²) in [6.45, 7) is 6.86. The lowest BCUT2D eigenvalue weighted by Gasteiger charge is -2.43. The number of nitrogens with two attached hydrogens (primary N) is 1. The molecule has 1 saturated heterocycles. The molecule has 2 N–H and O–H groups in total.